The molecule has 0 aliphatic carbocycles. The molecule has 1 aliphatic rings. The molecule has 2 heterocycles. The number of benzene rings is 1. The Morgan fingerprint density at radius 1 is 1.17 bits per heavy atom. The lowest BCUT2D eigenvalue weighted by atomic mass is 10.1. The fourth-order valence-corrected chi connectivity index (χ4v) is 4.09. The number of morpholine rings is 1. The number of sulfonamides is 1. The molecule has 1 aromatic carbocycles. The van der Waals surface area contributed by atoms with Gasteiger partial charge in [-0.15, -0.1) is 0 Å². The van der Waals surface area contributed by atoms with Crippen molar-refractivity contribution in [1.82, 2.24) is 9.97 Å². The van der Waals surface area contributed by atoms with E-state index in [2.05, 4.69) is 14.7 Å². The molecule has 0 bridgehead atoms. The van der Waals surface area contributed by atoms with Crippen molar-refractivity contribution in [3.63, 3.8) is 0 Å². The van der Waals surface area contributed by atoms with Crippen molar-refractivity contribution >= 4 is 27.5 Å². The number of aromatic nitrogens is 2. The van der Waals surface area contributed by atoms with Crippen LogP contribution in [0.1, 0.15) is 11.1 Å². The van der Waals surface area contributed by atoms with Crippen molar-refractivity contribution < 1.29 is 26.3 Å². The van der Waals surface area contributed by atoms with Crippen LogP contribution in [0.15, 0.2) is 30.5 Å². The van der Waals surface area contributed by atoms with Crippen LogP contribution in [-0.4, -0.2) is 58.8 Å². The van der Waals surface area contributed by atoms with E-state index in [1.807, 2.05) is 4.90 Å². The quantitative estimate of drug-likeness (QED) is 0.730. The summed E-state index contributed by atoms with van der Waals surface area (Å²) in [5.41, 5.74) is -0.421. The van der Waals surface area contributed by atoms with Crippen LogP contribution in [0.4, 0.5) is 30.6 Å². The SMILES string of the molecule is CN(C)c1nc(N2CCOCC2)ncc1NS(=O)(=O)Cc1ccc(C(F)(F)F)cc1. The van der Waals surface area contributed by atoms with E-state index in [-0.39, 0.29) is 11.3 Å². The van der Waals surface area contributed by atoms with Gasteiger partial charge < -0.3 is 14.5 Å². The Balaban J connectivity index is 1.78. The second kappa shape index (κ2) is 8.64. The van der Waals surface area contributed by atoms with Gasteiger partial charge in [-0.05, 0) is 17.7 Å². The third-order valence-electron chi connectivity index (χ3n) is 4.38. The molecule has 164 valence electrons. The highest BCUT2D eigenvalue weighted by Gasteiger charge is 2.30. The molecule has 2 aromatic rings. The number of ether oxygens (including phenoxy) is 1. The monoisotopic (exact) mass is 445 g/mol. The zero-order chi connectivity index (χ0) is 21.9. The first-order valence-corrected chi connectivity index (χ1v) is 10.7. The number of nitrogens with zero attached hydrogens (tertiary/aromatic N) is 4. The molecule has 0 amide bonds. The van der Waals surface area contributed by atoms with E-state index in [1.54, 1.807) is 19.0 Å². The van der Waals surface area contributed by atoms with Crippen LogP contribution in [-0.2, 0) is 26.7 Å². The van der Waals surface area contributed by atoms with E-state index in [0.717, 1.165) is 24.3 Å². The molecule has 0 atom stereocenters. The van der Waals surface area contributed by atoms with Crippen molar-refractivity contribution in [3.05, 3.63) is 41.6 Å². The average Bonchev–Trinajstić information content (AvgIpc) is 2.68. The molecular weight excluding hydrogens is 423 g/mol. The predicted octanol–water partition coefficient (Wildman–Crippen LogP) is 2.34. The summed E-state index contributed by atoms with van der Waals surface area (Å²) >= 11 is 0. The first-order valence-electron chi connectivity index (χ1n) is 9.09. The number of hydrogen-bond acceptors (Lipinski definition) is 7. The molecule has 12 heteroatoms. The minimum atomic E-state index is -4.48. The van der Waals surface area contributed by atoms with Gasteiger partial charge in [0, 0.05) is 27.2 Å². The van der Waals surface area contributed by atoms with Crippen molar-refractivity contribution in [2.24, 2.45) is 0 Å². The highest BCUT2D eigenvalue weighted by atomic mass is 32.2. The van der Waals surface area contributed by atoms with Crippen LogP contribution in [0, 0.1) is 0 Å². The molecule has 3 rings (SSSR count). The summed E-state index contributed by atoms with van der Waals surface area (Å²) in [5, 5.41) is 0. The normalized spacial score (nSPS) is 15.2. The van der Waals surface area contributed by atoms with Crippen LogP contribution in [0.2, 0.25) is 0 Å². The third kappa shape index (κ3) is 5.51. The van der Waals surface area contributed by atoms with Gasteiger partial charge >= 0.3 is 6.18 Å². The van der Waals surface area contributed by atoms with Crippen LogP contribution in [0.25, 0.3) is 0 Å². The molecule has 8 nitrogen and oxygen atoms in total. The smallest absolute Gasteiger partial charge is 0.378 e. The Morgan fingerprint density at radius 2 is 1.80 bits per heavy atom. The number of alkyl halides is 3. The predicted molar refractivity (Wildman–Crippen MR) is 107 cm³/mol. The van der Waals surface area contributed by atoms with E-state index in [1.165, 1.54) is 6.20 Å². The molecular formula is C18H22F3N5O3S. The lowest BCUT2D eigenvalue weighted by Crippen LogP contribution is -2.37. The minimum Gasteiger partial charge on any atom is -0.378 e. The van der Waals surface area contributed by atoms with E-state index < -0.39 is 27.5 Å². The molecule has 1 fully saturated rings. The number of halogens is 3. The van der Waals surface area contributed by atoms with Crippen LogP contribution >= 0.6 is 0 Å². The number of hydrogen-bond donors (Lipinski definition) is 1. The summed E-state index contributed by atoms with van der Waals surface area (Å²) in [6.45, 7) is 2.38. The van der Waals surface area contributed by atoms with Gasteiger partial charge in [0.05, 0.1) is 30.7 Å². The van der Waals surface area contributed by atoms with Gasteiger partial charge in [0.15, 0.2) is 5.82 Å². The fourth-order valence-electron chi connectivity index (χ4n) is 2.91. The summed E-state index contributed by atoms with van der Waals surface area (Å²) in [5.74, 6) is 0.360. The average molecular weight is 445 g/mol. The lowest BCUT2D eigenvalue weighted by molar-refractivity contribution is -0.137. The fraction of sp³-hybridized carbons (Fsp3) is 0.444. The summed E-state index contributed by atoms with van der Waals surface area (Å²) in [6, 6.07) is 4.01. The van der Waals surface area contributed by atoms with Gasteiger partial charge in [0.25, 0.3) is 0 Å². The van der Waals surface area contributed by atoms with Gasteiger partial charge in [-0.25, -0.2) is 13.4 Å². The molecule has 0 spiro atoms. The molecule has 1 aliphatic heterocycles. The van der Waals surface area contributed by atoms with Gasteiger partial charge in [-0.3, -0.25) is 4.72 Å². The number of rotatable bonds is 6. The molecule has 0 saturated carbocycles. The van der Waals surface area contributed by atoms with Crippen molar-refractivity contribution in [3.8, 4) is 0 Å². The molecule has 0 unspecified atom stereocenters. The summed E-state index contributed by atoms with van der Waals surface area (Å²) < 4.78 is 70.9. The van der Waals surface area contributed by atoms with E-state index in [0.29, 0.717) is 38.1 Å². The maximum atomic E-state index is 12.7. The second-order valence-electron chi connectivity index (χ2n) is 6.96. The maximum absolute atomic E-state index is 12.7. The zero-order valence-electron chi connectivity index (χ0n) is 16.5. The molecule has 1 aromatic heterocycles. The maximum Gasteiger partial charge on any atom is 0.416 e. The summed E-state index contributed by atoms with van der Waals surface area (Å²) in [6.07, 6.45) is -3.09. The highest BCUT2D eigenvalue weighted by Crippen LogP contribution is 2.30. The number of nitrogens with one attached hydrogen (secondary N) is 1. The Morgan fingerprint density at radius 3 is 2.37 bits per heavy atom. The Hall–Kier alpha value is -2.60. The second-order valence-corrected chi connectivity index (χ2v) is 8.68. The first kappa shape index (κ1) is 22.1. The van der Waals surface area contributed by atoms with Crippen LogP contribution in [0.3, 0.4) is 0 Å². The molecule has 1 saturated heterocycles. The van der Waals surface area contributed by atoms with Crippen molar-refractivity contribution in [2.45, 2.75) is 11.9 Å². The van der Waals surface area contributed by atoms with Crippen LogP contribution < -0.4 is 14.5 Å². The van der Waals surface area contributed by atoms with Gasteiger partial charge in [0.2, 0.25) is 16.0 Å². The van der Waals surface area contributed by atoms with E-state index in [9.17, 15) is 21.6 Å². The van der Waals surface area contributed by atoms with Gasteiger partial charge in [0.1, 0.15) is 5.69 Å². The molecule has 1 N–H and O–H groups in total. The Bertz CT molecular complexity index is 976. The topological polar surface area (TPSA) is 87.7 Å². The summed E-state index contributed by atoms with van der Waals surface area (Å²) in [4.78, 5) is 12.3. The highest BCUT2D eigenvalue weighted by molar-refractivity contribution is 7.91. The summed E-state index contributed by atoms with van der Waals surface area (Å²) in [7, 11) is -0.459. The van der Waals surface area contributed by atoms with Gasteiger partial charge in [-0.2, -0.15) is 18.2 Å². The van der Waals surface area contributed by atoms with Crippen molar-refractivity contribution in [1.29, 1.82) is 0 Å². The zero-order valence-corrected chi connectivity index (χ0v) is 17.3. The molecule has 30 heavy (non-hydrogen) atoms. The van der Waals surface area contributed by atoms with Gasteiger partial charge in [-0.1, -0.05) is 12.1 Å². The van der Waals surface area contributed by atoms with E-state index in [4.69, 9.17) is 4.74 Å². The Kier molecular flexibility index (Phi) is 6.36. The largest absolute Gasteiger partial charge is 0.416 e. The minimum absolute atomic E-state index is 0.184. The van der Waals surface area contributed by atoms with Crippen LogP contribution in [0.5, 0.6) is 0 Å². The van der Waals surface area contributed by atoms with Crippen molar-refractivity contribution in [2.75, 3.05) is 54.9 Å². The first-order chi connectivity index (χ1) is 14.0. The standard InChI is InChI=1S/C18H22F3N5O3S/c1-25(2)16-15(11-22-17(23-16)26-7-9-29-10-8-26)24-30(27,28)12-13-3-5-14(6-4-13)18(19,20)21/h3-6,11,24H,7-10,12H2,1-2H3. The third-order valence-corrected chi connectivity index (χ3v) is 5.62. The van der Waals surface area contributed by atoms with E-state index >= 15 is 0 Å². The number of anilines is 3. The Labute approximate surface area is 172 Å². The molecule has 0 radical (unpaired) electrons. The lowest BCUT2D eigenvalue weighted by Gasteiger charge is -2.28.